The topological polar surface area (TPSA) is 24.3 Å². The predicted molar refractivity (Wildman–Crippen MR) is 81.8 cm³/mol. The van der Waals surface area contributed by atoms with E-state index in [0.717, 1.165) is 44.2 Å². The summed E-state index contributed by atoms with van der Waals surface area (Å²) >= 11 is 0. The molecule has 2 aromatic rings. The van der Waals surface area contributed by atoms with Gasteiger partial charge in [0.25, 0.3) is 0 Å². The lowest BCUT2D eigenvalue weighted by Crippen LogP contribution is -2.46. The lowest BCUT2D eigenvalue weighted by molar-refractivity contribution is 0.245. The summed E-state index contributed by atoms with van der Waals surface area (Å²) in [7, 11) is 0. The van der Waals surface area contributed by atoms with Crippen molar-refractivity contribution in [2.24, 2.45) is 0 Å². The van der Waals surface area contributed by atoms with Gasteiger partial charge in [0.2, 0.25) is 5.95 Å². The van der Waals surface area contributed by atoms with Crippen LogP contribution in [0.15, 0.2) is 36.7 Å². The molecule has 1 fully saturated rings. The fourth-order valence-electron chi connectivity index (χ4n) is 2.80. The van der Waals surface area contributed by atoms with Crippen molar-refractivity contribution in [2.45, 2.75) is 20.0 Å². The Labute approximate surface area is 124 Å². The molecular weight excluding hydrogens is 267 g/mol. The lowest BCUT2D eigenvalue weighted by Gasteiger charge is -2.35. The third-order valence-electron chi connectivity index (χ3n) is 4.04. The minimum atomic E-state index is -0.110. The van der Waals surface area contributed by atoms with Crippen molar-refractivity contribution in [2.75, 3.05) is 31.1 Å². The first-order valence-corrected chi connectivity index (χ1v) is 7.49. The molecule has 0 bridgehead atoms. The van der Waals surface area contributed by atoms with E-state index >= 15 is 0 Å². The van der Waals surface area contributed by atoms with Crippen LogP contribution in [0.25, 0.3) is 0 Å². The number of halogens is 1. The highest BCUT2D eigenvalue weighted by Gasteiger charge is 2.20. The van der Waals surface area contributed by atoms with Gasteiger partial charge in [-0.1, -0.05) is 18.2 Å². The molecule has 4 nitrogen and oxygen atoms in total. The molecule has 0 aliphatic carbocycles. The van der Waals surface area contributed by atoms with E-state index in [1.807, 2.05) is 24.5 Å². The molecule has 1 aromatic heterocycles. The first-order chi connectivity index (χ1) is 10.3. The average molecular weight is 288 g/mol. The van der Waals surface area contributed by atoms with E-state index in [9.17, 15) is 4.39 Å². The summed E-state index contributed by atoms with van der Waals surface area (Å²) in [4.78, 5) is 9.05. The molecule has 1 aliphatic rings. The van der Waals surface area contributed by atoms with E-state index < -0.39 is 0 Å². The Hall–Kier alpha value is -1.88. The third-order valence-corrected chi connectivity index (χ3v) is 4.04. The van der Waals surface area contributed by atoms with E-state index in [0.29, 0.717) is 6.54 Å². The van der Waals surface area contributed by atoms with Gasteiger partial charge in [-0.3, -0.25) is 4.90 Å². The molecule has 1 saturated heterocycles. The summed E-state index contributed by atoms with van der Waals surface area (Å²) in [6.45, 7) is 7.49. The van der Waals surface area contributed by atoms with Crippen LogP contribution in [-0.4, -0.2) is 40.6 Å². The maximum absolute atomic E-state index is 13.7. The molecule has 0 amide bonds. The number of piperazine rings is 1. The summed E-state index contributed by atoms with van der Waals surface area (Å²) < 4.78 is 15.9. The van der Waals surface area contributed by atoms with Crippen LogP contribution in [0.4, 0.5) is 10.3 Å². The van der Waals surface area contributed by atoms with Crippen molar-refractivity contribution in [3.63, 3.8) is 0 Å². The van der Waals surface area contributed by atoms with Gasteiger partial charge in [0.1, 0.15) is 5.82 Å². The number of benzene rings is 1. The maximum atomic E-state index is 13.7. The van der Waals surface area contributed by atoms with E-state index in [1.54, 1.807) is 6.07 Å². The second-order valence-electron chi connectivity index (χ2n) is 5.37. The molecule has 3 rings (SSSR count). The predicted octanol–water partition coefficient (Wildman–Crippen LogP) is 2.36. The number of rotatable bonds is 4. The highest BCUT2D eigenvalue weighted by molar-refractivity contribution is 5.32. The highest BCUT2D eigenvalue weighted by Crippen LogP contribution is 2.16. The van der Waals surface area contributed by atoms with Gasteiger partial charge in [-0.25, -0.2) is 9.37 Å². The highest BCUT2D eigenvalue weighted by atomic mass is 19.1. The molecular formula is C16H21FN4. The number of aromatic nitrogens is 2. The number of hydrogen-bond donors (Lipinski definition) is 0. The Morgan fingerprint density at radius 1 is 1.14 bits per heavy atom. The molecule has 0 N–H and O–H groups in total. The summed E-state index contributed by atoms with van der Waals surface area (Å²) in [6.07, 6.45) is 3.87. The number of anilines is 1. The van der Waals surface area contributed by atoms with E-state index in [2.05, 4.69) is 26.3 Å². The Kier molecular flexibility index (Phi) is 4.20. The summed E-state index contributed by atoms with van der Waals surface area (Å²) in [5.41, 5.74) is 0.779. The standard InChI is InChI=1S/C16H21FN4/c1-2-20-8-7-18-16(20)21-11-9-19(10-12-21)13-14-5-3-4-6-15(14)17/h3-8H,2,9-13H2,1H3. The Morgan fingerprint density at radius 2 is 1.90 bits per heavy atom. The van der Waals surface area contributed by atoms with Crippen LogP contribution >= 0.6 is 0 Å². The van der Waals surface area contributed by atoms with Crippen molar-refractivity contribution in [3.8, 4) is 0 Å². The van der Waals surface area contributed by atoms with Gasteiger partial charge in [-0.05, 0) is 13.0 Å². The third kappa shape index (κ3) is 3.08. The Balaban J connectivity index is 1.59. The smallest absolute Gasteiger partial charge is 0.205 e. The van der Waals surface area contributed by atoms with Gasteiger partial charge < -0.3 is 9.47 Å². The van der Waals surface area contributed by atoms with Crippen LogP contribution in [0.3, 0.4) is 0 Å². The molecule has 0 saturated carbocycles. The van der Waals surface area contributed by atoms with Crippen LogP contribution in [0.2, 0.25) is 0 Å². The molecule has 1 aliphatic heterocycles. The largest absolute Gasteiger partial charge is 0.340 e. The fourth-order valence-corrected chi connectivity index (χ4v) is 2.80. The molecule has 0 unspecified atom stereocenters. The summed E-state index contributed by atoms with van der Waals surface area (Å²) in [5, 5.41) is 0. The molecule has 1 aromatic carbocycles. The van der Waals surface area contributed by atoms with Crippen LogP contribution in [0.5, 0.6) is 0 Å². The first-order valence-electron chi connectivity index (χ1n) is 7.49. The van der Waals surface area contributed by atoms with Gasteiger partial charge in [-0.2, -0.15) is 0 Å². The van der Waals surface area contributed by atoms with Crippen molar-refractivity contribution in [1.29, 1.82) is 0 Å². The normalized spacial score (nSPS) is 16.4. The molecule has 112 valence electrons. The van der Waals surface area contributed by atoms with Gasteiger partial charge in [0.05, 0.1) is 0 Å². The summed E-state index contributed by atoms with van der Waals surface area (Å²) in [5.74, 6) is 0.935. The number of hydrogen-bond acceptors (Lipinski definition) is 3. The van der Waals surface area contributed by atoms with Crippen molar-refractivity contribution < 1.29 is 4.39 Å². The van der Waals surface area contributed by atoms with E-state index in [1.165, 1.54) is 6.07 Å². The molecule has 5 heteroatoms. The number of imidazole rings is 1. The fraction of sp³-hybridized carbons (Fsp3) is 0.438. The minimum absolute atomic E-state index is 0.110. The molecule has 21 heavy (non-hydrogen) atoms. The first kappa shape index (κ1) is 14.1. The van der Waals surface area contributed by atoms with Crippen molar-refractivity contribution in [1.82, 2.24) is 14.5 Å². The second kappa shape index (κ2) is 6.26. The Morgan fingerprint density at radius 3 is 2.62 bits per heavy atom. The number of aryl methyl sites for hydroxylation is 1. The number of nitrogens with zero attached hydrogens (tertiary/aromatic N) is 4. The SMILES string of the molecule is CCn1ccnc1N1CCN(Cc2ccccc2F)CC1. The monoisotopic (exact) mass is 288 g/mol. The second-order valence-corrected chi connectivity index (χ2v) is 5.37. The maximum Gasteiger partial charge on any atom is 0.205 e. The van der Waals surface area contributed by atoms with Gasteiger partial charge in [0.15, 0.2) is 0 Å². The van der Waals surface area contributed by atoms with Crippen LogP contribution in [0, 0.1) is 5.82 Å². The van der Waals surface area contributed by atoms with Gasteiger partial charge >= 0.3 is 0 Å². The molecule has 2 heterocycles. The zero-order valence-electron chi connectivity index (χ0n) is 12.4. The van der Waals surface area contributed by atoms with E-state index in [-0.39, 0.29) is 5.82 Å². The minimum Gasteiger partial charge on any atom is -0.340 e. The molecule has 0 radical (unpaired) electrons. The average Bonchev–Trinajstić information content (AvgIpc) is 2.99. The molecule has 0 atom stereocenters. The van der Waals surface area contributed by atoms with Gasteiger partial charge in [0, 0.05) is 57.2 Å². The van der Waals surface area contributed by atoms with Crippen molar-refractivity contribution >= 4 is 5.95 Å². The van der Waals surface area contributed by atoms with Crippen LogP contribution < -0.4 is 4.90 Å². The zero-order valence-corrected chi connectivity index (χ0v) is 12.4. The van der Waals surface area contributed by atoms with Crippen LogP contribution in [0.1, 0.15) is 12.5 Å². The Bertz CT molecular complexity index is 587. The quantitative estimate of drug-likeness (QED) is 0.863. The zero-order chi connectivity index (χ0) is 14.7. The van der Waals surface area contributed by atoms with Gasteiger partial charge in [-0.15, -0.1) is 0 Å². The summed E-state index contributed by atoms with van der Waals surface area (Å²) in [6, 6.07) is 7.03. The lowest BCUT2D eigenvalue weighted by atomic mass is 10.2. The van der Waals surface area contributed by atoms with Crippen LogP contribution in [-0.2, 0) is 13.1 Å². The molecule has 0 spiro atoms. The van der Waals surface area contributed by atoms with E-state index in [4.69, 9.17) is 0 Å². The van der Waals surface area contributed by atoms with Crippen molar-refractivity contribution in [3.05, 3.63) is 48.0 Å².